The van der Waals surface area contributed by atoms with E-state index in [1.807, 2.05) is 45.9 Å². The zero-order valence-corrected chi connectivity index (χ0v) is 18.2. The molecule has 1 amide bonds. The number of amides is 1. The fourth-order valence-corrected chi connectivity index (χ4v) is 4.57. The molecule has 3 rings (SSSR count). The lowest BCUT2D eigenvalue weighted by Gasteiger charge is -2.20. The molecule has 1 aromatic carbocycles. The third-order valence-corrected chi connectivity index (χ3v) is 6.38. The maximum absolute atomic E-state index is 13.1. The van der Waals surface area contributed by atoms with Gasteiger partial charge in [0.15, 0.2) is 0 Å². The Balaban J connectivity index is 2.07. The number of ether oxygens (including phenoxy) is 1. The molecule has 0 spiro atoms. The molecule has 2 aromatic heterocycles. The van der Waals surface area contributed by atoms with E-state index in [0.717, 1.165) is 32.5 Å². The number of carbonyl (C=O) groups excluding carboxylic acids is 2. The SMILES string of the molecule is COC(=O)c1c(NC(=O)C(C)n2c(=O)cc(C)c3cccc(C)c32)sc(C)c1C. The van der Waals surface area contributed by atoms with E-state index in [9.17, 15) is 14.4 Å². The zero-order chi connectivity index (χ0) is 21.5. The van der Waals surface area contributed by atoms with Crippen LogP contribution >= 0.6 is 11.3 Å². The summed E-state index contributed by atoms with van der Waals surface area (Å²) < 4.78 is 6.38. The van der Waals surface area contributed by atoms with Crippen molar-refractivity contribution in [2.75, 3.05) is 12.4 Å². The average Bonchev–Trinajstić information content (AvgIpc) is 2.95. The molecule has 0 aliphatic heterocycles. The van der Waals surface area contributed by atoms with Gasteiger partial charge < -0.3 is 10.1 Å². The van der Waals surface area contributed by atoms with Gasteiger partial charge >= 0.3 is 5.97 Å². The van der Waals surface area contributed by atoms with Gasteiger partial charge in [-0.1, -0.05) is 18.2 Å². The molecule has 0 saturated carbocycles. The Morgan fingerprint density at radius 1 is 1.14 bits per heavy atom. The monoisotopic (exact) mass is 412 g/mol. The molecule has 0 aliphatic carbocycles. The van der Waals surface area contributed by atoms with Gasteiger partial charge in [0.25, 0.3) is 5.56 Å². The van der Waals surface area contributed by atoms with Gasteiger partial charge in [-0.2, -0.15) is 0 Å². The molecule has 1 N–H and O–H groups in total. The van der Waals surface area contributed by atoms with E-state index < -0.39 is 12.0 Å². The number of pyridine rings is 1. The first-order chi connectivity index (χ1) is 13.7. The number of benzene rings is 1. The van der Waals surface area contributed by atoms with E-state index in [0.29, 0.717) is 10.6 Å². The number of fused-ring (bicyclic) bond motifs is 1. The Morgan fingerprint density at radius 2 is 1.83 bits per heavy atom. The number of nitrogens with zero attached hydrogens (tertiary/aromatic N) is 1. The standard InChI is InChI=1S/C22H24N2O4S/c1-11-8-7-9-16-12(2)10-17(25)24(19(11)16)14(4)20(26)23-21-18(22(27)28-6)13(3)15(5)29-21/h7-10,14H,1-6H3,(H,23,26). The molecule has 0 bridgehead atoms. The Bertz CT molecular complexity index is 1190. The second kappa shape index (κ2) is 7.83. The Kier molecular flexibility index (Phi) is 5.61. The van der Waals surface area contributed by atoms with Crippen molar-refractivity contribution >= 4 is 39.1 Å². The van der Waals surface area contributed by atoms with Crippen LogP contribution in [0.2, 0.25) is 0 Å². The van der Waals surface area contributed by atoms with Crippen LogP contribution in [0.15, 0.2) is 29.1 Å². The third kappa shape index (κ3) is 3.58. The predicted octanol–water partition coefficient (Wildman–Crippen LogP) is 4.28. The highest BCUT2D eigenvalue weighted by atomic mass is 32.1. The highest BCUT2D eigenvalue weighted by Gasteiger charge is 2.25. The largest absolute Gasteiger partial charge is 0.465 e. The number of rotatable bonds is 4. The van der Waals surface area contributed by atoms with Crippen molar-refractivity contribution in [3.8, 4) is 0 Å². The van der Waals surface area contributed by atoms with E-state index in [2.05, 4.69) is 5.32 Å². The van der Waals surface area contributed by atoms with E-state index in [1.165, 1.54) is 23.0 Å². The van der Waals surface area contributed by atoms with Gasteiger partial charge in [0, 0.05) is 16.3 Å². The Morgan fingerprint density at radius 3 is 2.48 bits per heavy atom. The summed E-state index contributed by atoms with van der Waals surface area (Å²) >= 11 is 1.32. The van der Waals surface area contributed by atoms with Gasteiger partial charge in [0.1, 0.15) is 11.0 Å². The first kappa shape index (κ1) is 20.8. The molecule has 29 heavy (non-hydrogen) atoms. The maximum atomic E-state index is 13.1. The maximum Gasteiger partial charge on any atom is 0.341 e. The molecule has 152 valence electrons. The van der Waals surface area contributed by atoms with Gasteiger partial charge in [0.2, 0.25) is 5.91 Å². The van der Waals surface area contributed by atoms with E-state index in [1.54, 1.807) is 13.0 Å². The van der Waals surface area contributed by atoms with Crippen molar-refractivity contribution in [1.82, 2.24) is 4.57 Å². The van der Waals surface area contributed by atoms with Crippen LogP contribution in [0.4, 0.5) is 5.00 Å². The van der Waals surface area contributed by atoms with Crippen molar-refractivity contribution in [3.63, 3.8) is 0 Å². The predicted molar refractivity (Wildman–Crippen MR) is 116 cm³/mol. The average molecular weight is 413 g/mol. The number of para-hydroxylation sites is 1. The quantitative estimate of drug-likeness (QED) is 0.649. The molecular formula is C22H24N2O4S. The topological polar surface area (TPSA) is 77.4 Å². The second-order valence-corrected chi connectivity index (χ2v) is 8.38. The summed E-state index contributed by atoms with van der Waals surface area (Å²) in [4.78, 5) is 39.0. The number of aryl methyl sites for hydroxylation is 3. The summed E-state index contributed by atoms with van der Waals surface area (Å²) in [6, 6.07) is 6.58. The summed E-state index contributed by atoms with van der Waals surface area (Å²) in [6.45, 7) is 9.19. The summed E-state index contributed by atoms with van der Waals surface area (Å²) in [5.41, 5.74) is 3.42. The first-order valence-corrected chi connectivity index (χ1v) is 10.1. The lowest BCUT2D eigenvalue weighted by Crippen LogP contribution is -2.32. The molecule has 7 heteroatoms. The number of thiophene rings is 1. The van der Waals surface area contributed by atoms with Crippen molar-refractivity contribution in [1.29, 1.82) is 0 Å². The Hall–Kier alpha value is -2.93. The van der Waals surface area contributed by atoms with Crippen LogP contribution in [0.3, 0.4) is 0 Å². The summed E-state index contributed by atoms with van der Waals surface area (Å²) in [5.74, 6) is -0.865. The van der Waals surface area contributed by atoms with E-state index in [-0.39, 0.29) is 11.5 Å². The van der Waals surface area contributed by atoms with Crippen LogP contribution in [0, 0.1) is 27.7 Å². The van der Waals surface area contributed by atoms with Gasteiger partial charge in [-0.05, 0) is 51.3 Å². The van der Waals surface area contributed by atoms with Crippen molar-refractivity contribution in [2.45, 2.75) is 40.7 Å². The summed E-state index contributed by atoms with van der Waals surface area (Å²) in [5, 5.41) is 4.20. The van der Waals surface area contributed by atoms with Crippen LogP contribution in [-0.2, 0) is 9.53 Å². The number of carbonyl (C=O) groups is 2. The lowest BCUT2D eigenvalue weighted by molar-refractivity contribution is -0.118. The number of esters is 1. The minimum Gasteiger partial charge on any atom is -0.465 e. The number of hydrogen-bond acceptors (Lipinski definition) is 5. The molecule has 6 nitrogen and oxygen atoms in total. The van der Waals surface area contributed by atoms with Crippen molar-refractivity contribution < 1.29 is 14.3 Å². The minimum absolute atomic E-state index is 0.237. The highest BCUT2D eigenvalue weighted by molar-refractivity contribution is 7.16. The zero-order valence-electron chi connectivity index (χ0n) is 17.4. The van der Waals surface area contributed by atoms with Gasteiger partial charge in [-0.3, -0.25) is 14.2 Å². The van der Waals surface area contributed by atoms with Gasteiger partial charge in [-0.15, -0.1) is 11.3 Å². The lowest BCUT2D eigenvalue weighted by atomic mass is 10.1. The molecule has 0 fully saturated rings. The molecule has 0 aliphatic rings. The summed E-state index contributed by atoms with van der Waals surface area (Å²) in [6.07, 6.45) is 0. The van der Waals surface area contributed by atoms with Gasteiger partial charge in [0.05, 0.1) is 18.2 Å². The fourth-order valence-electron chi connectivity index (χ4n) is 3.52. The normalized spacial score (nSPS) is 12.1. The molecule has 2 heterocycles. The number of hydrogen-bond donors (Lipinski definition) is 1. The van der Waals surface area contributed by atoms with Gasteiger partial charge in [-0.25, -0.2) is 4.79 Å². The van der Waals surface area contributed by atoms with Crippen LogP contribution in [0.1, 0.15) is 44.9 Å². The van der Waals surface area contributed by atoms with Crippen LogP contribution in [-0.4, -0.2) is 23.6 Å². The number of methoxy groups -OCH3 is 1. The summed E-state index contributed by atoms with van der Waals surface area (Å²) in [7, 11) is 1.31. The first-order valence-electron chi connectivity index (χ1n) is 9.28. The smallest absolute Gasteiger partial charge is 0.341 e. The van der Waals surface area contributed by atoms with Crippen molar-refractivity contribution in [3.05, 3.63) is 61.8 Å². The fraction of sp³-hybridized carbons (Fsp3) is 0.318. The Labute approximate surface area is 173 Å². The van der Waals surface area contributed by atoms with Crippen LogP contribution < -0.4 is 10.9 Å². The van der Waals surface area contributed by atoms with E-state index >= 15 is 0 Å². The molecular weight excluding hydrogens is 388 g/mol. The van der Waals surface area contributed by atoms with E-state index in [4.69, 9.17) is 4.74 Å². The second-order valence-electron chi connectivity index (χ2n) is 7.15. The molecule has 0 saturated heterocycles. The molecule has 1 atom stereocenters. The number of aromatic nitrogens is 1. The molecule has 1 unspecified atom stereocenters. The third-order valence-electron chi connectivity index (χ3n) is 5.26. The number of nitrogens with one attached hydrogen (secondary N) is 1. The van der Waals surface area contributed by atoms with Crippen LogP contribution in [0.5, 0.6) is 0 Å². The van der Waals surface area contributed by atoms with Crippen LogP contribution in [0.25, 0.3) is 10.9 Å². The minimum atomic E-state index is -0.764. The molecule has 0 radical (unpaired) electrons. The highest BCUT2D eigenvalue weighted by Crippen LogP contribution is 2.33. The number of anilines is 1. The molecule has 3 aromatic rings. The van der Waals surface area contributed by atoms with Crippen molar-refractivity contribution in [2.24, 2.45) is 0 Å².